The molecule has 0 saturated carbocycles. The molecule has 1 atom stereocenters. The minimum atomic E-state index is 0.659. The van der Waals surface area contributed by atoms with E-state index >= 15 is 0 Å². The number of nitrogens with zero attached hydrogens (tertiary/aromatic N) is 1. The summed E-state index contributed by atoms with van der Waals surface area (Å²) in [5, 5.41) is 3.52. The summed E-state index contributed by atoms with van der Waals surface area (Å²) in [5.41, 5.74) is 0. The molecule has 12 heavy (non-hydrogen) atoms. The van der Waals surface area contributed by atoms with Gasteiger partial charge in [0.05, 0.1) is 5.84 Å². The van der Waals surface area contributed by atoms with Gasteiger partial charge in [-0.3, -0.25) is 4.99 Å². The van der Waals surface area contributed by atoms with Gasteiger partial charge in [-0.2, -0.15) is 0 Å². The van der Waals surface area contributed by atoms with Gasteiger partial charge >= 0.3 is 0 Å². The van der Waals surface area contributed by atoms with Crippen LogP contribution in [0.2, 0.25) is 0 Å². The summed E-state index contributed by atoms with van der Waals surface area (Å²) >= 11 is 0. The van der Waals surface area contributed by atoms with Crippen LogP contribution in [0, 0.1) is 0 Å². The summed E-state index contributed by atoms with van der Waals surface area (Å²) < 4.78 is 0. The van der Waals surface area contributed by atoms with Gasteiger partial charge in [0.25, 0.3) is 0 Å². The van der Waals surface area contributed by atoms with Crippen LogP contribution in [0.1, 0.15) is 46.0 Å². The van der Waals surface area contributed by atoms with Crippen LogP contribution in [-0.4, -0.2) is 18.4 Å². The molecule has 1 N–H and O–H groups in total. The molecule has 0 bridgehead atoms. The van der Waals surface area contributed by atoms with Gasteiger partial charge in [0, 0.05) is 19.0 Å². The standard InChI is InChI=1S/C10H20N2/c1-3-6-9(4-2)12-10-7-5-8-11-10/h9H,3-8H2,1-2H3,(H,11,12). The number of aliphatic imine (C=N–C) groups is 1. The molecule has 0 spiro atoms. The zero-order valence-corrected chi connectivity index (χ0v) is 8.27. The molecular formula is C10H20N2. The largest absolute Gasteiger partial charge is 0.371 e. The van der Waals surface area contributed by atoms with Crippen molar-refractivity contribution in [2.24, 2.45) is 4.99 Å². The average molecular weight is 168 g/mol. The Bertz CT molecular complexity index is 152. The molecule has 0 radical (unpaired) electrons. The van der Waals surface area contributed by atoms with Crippen molar-refractivity contribution in [1.29, 1.82) is 0 Å². The van der Waals surface area contributed by atoms with Crippen LogP contribution in [0.5, 0.6) is 0 Å². The third-order valence-corrected chi connectivity index (χ3v) is 2.38. The molecule has 0 aromatic heterocycles. The quantitative estimate of drug-likeness (QED) is 0.684. The van der Waals surface area contributed by atoms with Crippen molar-refractivity contribution in [3.8, 4) is 0 Å². The molecule has 70 valence electrons. The van der Waals surface area contributed by atoms with Crippen LogP contribution in [0.25, 0.3) is 0 Å². The Morgan fingerprint density at radius 3 is 2.83 bits per heavy atom. The first kappa shape index (κ1) is 9.56. The normalized spacial score (nSPS) is 19.0. The Balaban J connectivity index is 2.25. The van der Waals surface area contributed by atoms with Gasteiger partial charge in [-0.15, -0.1) is 0 Å². The molecule has 1 unspecified atom stereocenters. The Morgan fingerprint density at radius 2 is 2.33 bits per heavy atom. The lowest BCUT2D eigenvalue weighted by Gasteiger charge is -2.16. The molecule has 1 heterocycles. The molecule has 0 amide bonds. The summed E-state index contributed by atoms with van der Waals surface area (Å²) in [5.74, 6) is 1.25. The van der Waals surface area contributed by atoms with Gasteiger partial charge in [0.1, 0.15) is 0 Å². The van der Waals surface area contributed by atoms with Crippen LogP contribution < -0.4 is 5.32 Å². The monoisotopic (exact) mass is 168 g/mol. The molecule has 2 nitrogen and oxygen atoms in total. The molecule has 0 saturated heterocycles. The van der Waals surface area contributed by atoms with Gasteiger partial charge in [-0.25, -0.2) is 0 Å². The van der Waals surface area contributed by atoms with Crippen molar-refractivity contribution in [3.05, 3.63) is 0 Å². The first-order valence-electron chi connectivity index (χ1n) is 5.16. The summed E-state index contributed by atoms with van der Waals surface area (Å²) in [6.07, 6.45) is 6.16. The number of hydrogen-bond acceptors (Lipinski definition) is 2. The molecule has 0 aromatic rings. The first-order chi connectivity index (χ1) is 5.86. The van der Waals surface area contributed by atoms with E-state index in [-0.39, 0.29) is 0 Å². The number of amidine groups is 1. The maximum absolute atomic E-state index is 4.41. The summed E-state index contributed by atoms with van der Waals surface area (Å²) in [6.45, 7) is 5.51. The van der Waals surface area contributed by atoms with E-state index in [4.69, 9.17) is 0 Å². The third-order valence-electron chi connectivity index (χ3n) is 2.38. The van der Waals surface area contributed by atoms with Crippen LogP contribution in [0.15, 0.2) is 4.99 Å². The highest BCUT2D eigenvalue weighted by molar-refractivity contribution is 5.83. The summed E-state index contributed by atoms with van der Waals surface area (Å²) in [4.78, 5) is 4.41. The lowest BCUT2D eigenvalue weighted by molar-refractivity contribution is 0.534. The fourth-order valence-electron chi connectivity index (χ4n) is 1.62. The van der Waals surface area contributed by atoms with Crippen molar-refractivity contribution in [2.75, 3.05) is 6.54 Å². The summed E-state index contributed by atoms with van der Waals surface area (Å²) in [6, 6.07) is 0.659. The molecule has 1 aliphatic heterocycles. The number of nitrogens with one attached hydrogen (secondary N) is 1. The van der Waals surface area contributed by atoms with Gasteiger partial charge in [-0.05, 0) is 19.3 Å². The maximum Gasteiger partial charge on any atom is 0.0965 e. The molecule has 0 aromatic carbocycles. The number of rotatable bonds is 4. The van der Waals surface area contributed by atoms with E-state index in [1.807, 2.05) is 0 Å². The van der Waals surface area contributed by atoms with E-state index in [1.54, 1.807) is 0 Å². The van der Waals surface area contributed by atoms with E-state index in [2.05, 4.69) is 24.2 Å². The van der Waals surface area contributed by atoms with Crippen LogP contribution >= 0.6 is 0 Å². The van der Waals surface area contributed by atoms with Crippen molar-refractivity contribution >= 4 is 5.84 Å². The molecular weight excluding hydrogens is 148 g/mol. The van der Waals surface area contributed by atoms with Gasteiger partial charge in [0.15, 0.2) is 0 Å². The summed E-state index contributed by atoms with van der Waals surface area (Å²) in [7, 11) is 0. The number of hydrogen-bond donors (Lipinski definition) is 1. The smallest absolute Gasteiger partial charge is 0.0965 e. The molecule has 0 fully saturated rings. The Labute approximate surface area is 75.5 Å². The van der Waals surface area contributed by atoms with Crippen molar-refractivity contribution < 1.29 is 0 Å². The first-order valence-corrected chi connectivity index (χ1v) is 5.16. The minimum Gasteiger partial charge on any atom is -0.371 e. The van der Waals surface area contributed by atoms with E-state index in [1.165, 1.54) is 37.9 Å². The van der Waals surface area contributed by atoms with Gasteiger partial charge in [0.2, 0.25) is 0 Å². The lowest BCUT2D eigenvalue weighted by atomic mass is 10.1. The minimum absolute atomic E-state index is 0.659. The van der Waals surface area contributed by atoms with E-state index in [0.717, 1.165) is 6.54 Å². The van der Waals surface area contributed by atoms with Crippen molar-refractivity contribution in [2.45, 2.75) is 52.0 Å². The Kier molecular flexibility index (Phi) is 4.12. The highest BCUT2D eigenvalue weighted by atomic mass is 15.0. The maximum atomic E-state index is 4.41. The van der Waals surface area contributed by atoms with E-state index in [9.17, 15) is 0 Å². The molecule has 2 heteroatoms. The molecule has 1 aliphatic rings. The second-order valence-corrected chi connectivity index (χ2v) is 3.47. The predicted octanol–water partition coefficient (Wildman–Crippen LogP) is 2.35. The fraction of sp³-hybridized carbons (Fsp3) is 0.900. The van der Waals surface area contributed by atoms with Gasteiger partial charge < -0.3 is 5.32 Å². The van der Waals surface area contributed by atoms with Crippen molar-refractivity contribution in [1.82, 2.24) is 5.32 Å². The van der Waals surface area contributed by atoms with Crippen LogP contribution in [0.4, 0.5) is 0 Å². The van der Waals surface area contributed by atoms with Crippen LogP contribution in [-0.2, 0) is 0 Å². The highest BCUT2D eigenvalue weighted by Gasteiger charge is 2.10. The zero-order valence-electron chi connectivity index (χ0n) is 8.27. The highest BCUT2D eigenvalue weighted by Crippen LogP contribution is 2.06. The van der Waals surface area contributed by atoms with Crippen molar-refractivity contribution in [3.63, 3.8) is 0 Å². The second-order valence-electron chi connectivity index (χ2n) is 3.47. The molecule has 0 aliphatic carbocycles. The lowest BCUT2D eigenvalue weighted by Crippen LogP contribution is -2.33. The molecule has 1 rings (SSSR count). The predicted molar refractivity (Wildman–Crippen MR) is 53.7 cm³/mol. The fourth-order valence-corrected chi connectivity index (χ4v) is 1.62. The van der Waals surface area contributed by atoms with E-state index in [0.29, 0.717) is 6.04 Å². The third kappa shape index (κ3) is 2.84. The zero-order chi connectivity index (χ0) is 8.81. The second kappa shape index (κ2) is 5.18. The van der Waals surface area contributed by atoms with E-state index < -0.39 is 0 Å². The van der Waals surface area contributed by atoms with Gasteiger partial charge in [-0.1, -0.05) is 20.3 Å². The van der Waals surface area contributed by atoms with Crippen LogP contribution in [0.3, 0.4) is 0 Å². The topological polar surface area (TPSA) is 24.4 Å². The Hall–Kier alpha value is -0.530. The average Bonchev–Trinajstić information content (AvgIpc) is 2.56. The Morgan fingerprint density at radius 1 is 1.50 bits per heavy atom. The SMILES string of the molecule is CCCC(CC)NC1=NCCC1.